The second-order valence-corrected chi connectivity index (χ2v) is 11.5. The zero-order valence-corrected chi connectivity index (χ0v) is 25.3. The number of piperidine rings is 1. The quantitative estimate of drug-likeness (QED) is 0.314. The molecule has 0 aliphatic carbocycles. The first-order chi connectivity index (χ1) is 20.2. The number of nitrogens with zero attached hydrogens (tertiary/aromatic N) is 3. The molecule has 224 valence electrons. The lowest BCUT2D eigenvalue weighted by molar-refractivity contribution is -0.138. The molecule has 0 unspecified atom stereocenters. The highest BCUT2D eigenvalue weighted by Crippen LogP contribution is 2.47. The fourth-order valence-electron chi connectivity index (χ4n) is 6.16. The predicted molar refractivity (Wildman–Crippen MR) is 159 cm³/mol. The van der Waals surface area contributed by atoms with Crippen LogP contribution < -0.4 is 9.47 Å². The molecule has 9 nitrogen and oxygen atoms in total. The van der Waals surface area contributed by atoms with Gasteiger partial charge in [0.15, 0.2) is 11.5 Å². The summed E-state index contributed by atoms with van der Waals surface area (Å²) in [6.07, 6.45) is 2.19. The van der Waals surface area contributed by atoms with Crippen LogP contribution in [-0.2, 0) is 14.3 Å². The molecule has 2 aromatic carbocycles. The fraction of sp³-hybridized carbons (Fsp3) is 0.469. The van der Waals surface area contributed by atoms with Crippen LogP contribution in [0.4, 0.5) is 0 Å². The van der Waals surface area contributed by atoms with Gasteiger partial charge < -0.3 is 24.2 Å². The van der Waals surface area contributed by atoms with Crippen LogP contribution >= 0.6 is 11.6 Å². The lowest BCUT2D eigenvalue weighted by Crippen LogP contribution is -2.38. The third-order valence-electron chi connectivity index (χ3n) is 8.54. The van der Waals surface area contributed by atoms with Crippen molar-refractivity contribution in [3.05, 3.63) is 69.8 Å². The SMILES string of the molecule is COc1cccc([C@H]2O[C@H](CCC(=O)N3CCC(CCC(=O)O)CC3)c3nc(C)c(C)n3-c3ccc(Cl)cc32)c1OC. The first-order valence-electron chi connectivity index (χ1n) is 14.4. The summed E-state index contributed by atoms with van der Waals surface area (Å²) in [7, 11) is 3.21. The summed E-state index contributed by atoms with van der Waals surface area (Å²) in [5.74, 6) is 1.56. The van der Waals surface area contributed by atoms with Gasteiger partial charge in [0.1, 0.15) is 18.0 Å². The molecule has 10 heteroatoms. The smallest absolute Gasteiger partial charge is 0.303 e. The number of para-hydroxylation sites is 1. The number of aliphatic carboxylic acids is 1. The Balaban J connectivity index is 1.45. The molecule has 0 spiro atoms. The number of imidazole rings is 1. The van der Waals surface area contributed by atoms with Gasteiger partial charge in [-0.1, -0.05) is 23.7 Å². The van der Waals surface area contributed by atoms with Crippen LogP contribution in [0.25, 0.3) is 5.69 Å². The maximum atomic E-state index is 13.4. The summed E-state index contributed by atoms with van der Waals surface area (Å²) in [4.78, 5) is 31.2. The summed E-state index contributed by atoms with van der Waals surface area (Å²) >= 11 is 6.54. The average Bonchev–Trinajstić information content (AvgIpc) is 3.21. The van der Waals surface area contributed by atoms with Crippen LogP contribution in [0.3, 0.4) is 0 Å². The summed E-state index contributed by atoms with van der Waals surface area (Å²) in [6.45, 7) is 5.31. The Labute approximate surface area is 251 Å². The Morgan fingerprint density at radius 3 is 2.50 bits per heavy atom. The second-order valence-electron chi connectivity index (χ2n) is 11.1. The number of ether oxygens (including phenoxy) is 3. The molecule has 2 aliphatic heterocycles. The maximum Gasteiger partial charge on any atom is 0.303 e. The van der Waals surface area contributed by atoms with Crippen LogP contribution in [-0.4, -0.2) is 58.7 Å². The van der Waals surface area contributed by atoms with E-state index in [1.807, 2.05) is 55.1 Å². The number of halogens is 1. The number of hydrogen-bond acceptors (Lipinski definition) is 6. The van der Waals surface area contributed by atoms with Gasteiger partial charge in [-0.2, -0.15) is 0 Å². The number of aryl methyl sites for hydroxylation is 1. The maximum absolute atomic E-state index is 13.4. The van der Waals surface area contributed by atoms with Gasteiger partial charge in [-0.3, -0.25) is 14.2 Å². The first kappa shape index (κ1) is 29.9. The highest BCUT2D eigenvalue weighted by Gasteiger charge is 2.36. The Morgan fingerprint density at radius 2 is 1.81 bits per heavy atom. The number of carbonyl (C=O) groups excluding carboxylic acids is 1. The zero-order chi connectivity index (χ0) is 30.0. The normalized spacial score (nSPS) is 18.6. The number of carboxylic acids is 1. The van der Waals surface area contributed by atoms with E-state index in [1.165, 1.54) is 0 Å². The third kappa shape index (κ3) is 5.99. The van der Waals surface area contributed by atoms with Crippen LogP contribution in [0.1, 0.15) is 79.1 Å². The topological polar surface area (TPSA) is 103 Å². The number of carbonyl (C=O) groups is 2. The molecule has 1 amide bonds. The van der Waals surface area contributed by atoms with Crippen molar-refractivity contribution in [3.63, 3.8) is 0 Å². The number of fused-ring (bicyclic) bond motifs is 3. The van der Waals surface area contributed by atoms with Crippen molar-refractivity contribution < 1.29 is 28.9 Å². The molecule has 1 fully saturated rings. The Bertz CT molecular complexity index is 1460. The van der Waals surface area contributed by atoms with Crippen molar-refractivity contribution in [1.82, 2.24) is 14.5 Å². The number of carboxylic acid groups (broad SMARTS) is 1. The molecule has 3 aromatic rings. The largest absolute Gasteiger partial charge is 0.493 e. The Morgan fingerprint density at radius 1 is 1.05 bits per heavy atom. The molecule has 0 bridgehead atoms. The molecule has 2 aliphatic rings. The monoisotopic (exact) mass is 595 g/mol. The number of amides is 1. The minimum atomic E-state index is -0.768. The van der Waals surface area contributed by atoms with E-state index in [0.29, 0.717) is 54.8 Å². The minimum absolute atomic E-state index is 0.0714. The van der Waals surface area contributed by atoms with Crippen molar-refractivity contribution in [2.24, 2.45) is 5.92 Å². The van der Waals surface area contributed by atoms with Crippen molar-refractivity contribution in [1.29, 1.82) is 0 Å². The summed E-state index contributed by atoms with van der Waals surface area (Å²) < 4.78 is 20.4. The molecular weight excluding hydrogens is 558 g/mol. The molecule has 1 N–H and O–H groups in total. The van der Waals surface area contributed by atoms with Gasteiger partial charge in [0, 0.05) is 47.8 Å². The number of methoxy groups -OCH3 is 2. The second kappa shape index (κ2) is 12.8. The molecule has 1 aromatic heterocycles. The average molecular weight is 596 g/mol. The molecule has 1 saturated heterocycles. The van der Waals surface area contributed by atoms with Crippen LogP contribution in [0.2, 0.25) is 5.02 Å². The number of likely N-dealkylation sites (tertiary alicyclic amines) is 1. The van der Waals surface area contributed by atoms with Crippen molar-refractivity contribution in [3.8, 4) is 17.2 Å². The lowest BCUT2D eigenvalue weighted by Gasteiger charge is -2.32. The molecule has 0 radical (unpaired) electrons. The van der Waals surface area contributed by atoms with E-state index in [0.717, 1.165) is 46.9 Å². The molecular formula is C32H38ClN3O6. The molecule has 5 rings (SSSR count). The van der Waals surface area contributed by atoms with Crippen LogP contribution in [0.5, 0.6) is 11.5 Å². The van der Waals surface area contributed by atoms with E-state index >= 15 is 0 Å². The van der Waals surface area contributed by atoms with E-state index < -0.39 is 18.2 Å². The predicted octanol–water partition coefficient (Wildman–Crippen LogP) is 6.20. The minimum Gasteiger partial charge on any atom is -0.493 e. The summed E-state index contributed by atoms with van der Waals surface area (Å²) in [6, 6.07) is 11.5. The van der Waals surface area contributed by atoms with E-state index in [-0.39, 0.29) is 12.3 Å². The van der Waals surface area contributed by atoms with Crippen LogP contribution in [0, 0.1) is 19.8 Å². The Kier molecular flexibility index (Phi) is 9.08. The van der Waals surface area contributed by atoms with Crippen molar-refractivity contribution >= 4 is 23.5 Å². The summed E-state index contributed by atoms with van der Waals surface area (Å²) in [5.41, 5.74) is 4.47. The molecule has 2 atom stereocenters. The van der Waals surface area contributed by atoms with E-state index in [9.17, 15) is 9.59 Å². The van der Waals surface area contributed by atoms with E-state index in [2.05, 4.69) is 4.57 Å². The van der Waals surface area contributed by atoms with E-state index in [4.69, 9.17) is 35.9 Å². The third-order valence-corrected chi connectivity index (χ3v) is 8.78. The highest BCUT2D eigenvalue weighted by atomic mass is 35.5. The number of rotatable bonds is 9. The number of hydrogen-bond donors (Lipinski definition) is 1. The van der Waals surface area contributed by atoms with Crippen molar-refractivity contribution in [2.45, 2.75) is 64.6 Å². The number of benzene rings is 2. The number of aromatic nitrogens is 2. The van der Waals surface area contributed by atoms with Gasteiger partial charge in [-0.05, 0) is 69.7 Å². The van der Waals surface area contributed by atoms with Gasteiger partial charge in [0.25, 0.3) is 0 Å². The van der Waals surface area contributed by atoms with Gasteiger partial charge >= 0.3 is 5.97 Å². The van der Waals surface area contributed by atoms with Gasteiger partial charge in [0.05, 0.1) is 25.6 Å². The fourth-order valence-corrected chi connectivity index (χ4v) is 6.34. The highest BCUT2D eigenvalue weighted by molar-refractivity contribution is 6.30. The Hall–Kier alpha value is -3.56. The van der Waals surface area contributed by atoms with Gasteiger partial charge in [-0.15, -0.1) is 0 Å². The van der Waals surface area contributed by atoms with Crippen molar-refractivity contribution in [2.75, 3.05) is 27.3 Å². The lowest BCUT2D eigenvalue weighted by atomic mass is 9.92. The van der Waals surface area contributed by atoms with Crippen LogP contribution in [0.15, 0.2) is 36.4 Å². The summed E-state index contributed by atoms with van der Waals surface area (Å²) in [5, 5.41) is 9.59. The molecule has 0 saturated carbocycles. The van der Waals surface area contributed by atoms with Gasteiger partial charge in [0.2, 0.25) is 5.91 Å². The molecule has 3 heterocycles. The first-order valence-corrected chi connectivity index (χ1v) is 14.8. The van der Waals surface area contributed by atoms with E-state index in [1.54, 1.807) is 14.2 Å². The standard InChI is InChI=1S/C32H38ClN3O6/c1-19-20(2)36-25-10-9-22(33)18-24(25)30(23-6-5-7-26(40-3)31(23)41-4)42-27(32(36)34-19)11-12-28(37)35-16-14-21(15-17-35)8-13-29(38)39/h5-7,9-10,18,21,27,30H,8,11-17H2,1-4H3,(H,38,39)/t27-,30-/m1/s1. The zero-order valence-electron chi connectivity index (χ0n) is 24.6. The van der Waals surface area contributed by atoms with Gasteiger partial charge in [-0.25, -0.2) is 4.98 Å². The molecule has 42 heavy (non-hydrogen) atoms.